The Balaban J connectivity index is 2.28. The van der Waals surface area contributed by atoms with E-state index in [1.165, 1.54) is 0 Å². The van der Waals surface area contributed by atoms with Crippen LogP contribution in [0.1, 0.15) is 22.8 Å². The van der Waals surface area contributed by atoms with Crippen LogP contribution in [0.3, 0.4) is 0 Å². The minimum atomic E-state index is 0.114. The van der Waals surface area contributed by atoms with Gasteiger partial charge in [-0.2, -0.15) is 0 Å². The SMILES string of the molecule is CCSc1ccccc1C(=O)Cc1cc(Br)cnc1NC. The number of pyridine rings is 1. The van der Waals surface area contributed by atoms with Crippen LogP contribution in [-0.4, -0.2) is 23.6 Å². The Morgan fingerprint density at radius 3 is 2.86 bits per heavy atom. The van der Waals surface area contributed by atoms with Gasteiger partial charge in [-0.3, -0.25) is 4.79 Å². The van der Waals surface area contributed by atoms with Crippen molar-refractivity contribution in [1.82, 2.24) is 4.98 Å². The van der Waals surface area contributed by atoms with Crippen molar-refractivity contribution < 1.29 is 4.79 Å². The zero-order valence-electron chi connectivity index (χ0n) is 12.0. The normalized spacial score (nSPS) is 10.4. The minimum absolute atomic E-state index is 0.114. The van der Waals surface area contributed by atoms with Gasteiger partial charge >= 0.3 is 0 Å². The van der Waals surface area contributed by atoms with Crippen LogP contribution in [0.15, 0.2) is 45.9 Å². The van der Waals surface area contributed by atoms with Gasteiger partial charge in [0.25, 0.3) is 0 Å². The lowest BCUT2D eigenvalue weighted by atomic mass is 10.0. The Hall–Kier alpha value is -1.33. The van der Waals surface area contributed by atoms with Crippen LogP contribution in [0.4, 0.5) is 5.82 Å². The Labute approximate surface area is 137 Å². The number of carbonyl (C=O) groups excluding carboxylic acids is 1. The lowest BCUT2D eigenvalue weighted by Gasteiger charge is -2.10. The van der Waals surface area contributed by atoms with Crippen LogP contribution < -0.4 is 5.32 Å². The molecule has 0 aliphatic carbocycles. The van der Waals surface area contributed by atoms with Gasteiger partial charge in [-0.25, -0.2) is 4.98 Å². The van der Waals surface area contributed by atoms with E-state index in [1.54, 1.807) is 18.0 Å². The van der Waals surface area contributed by atoms with Crippen LogP contribution in [0.5, 0.6) is 0 Å². The molecule has 0 spiro atoms. The van der Waals surface area contributed by atoms with Gasteiger partial charge in [-0.05, 0) is 33.8 Å². The lowest BCUT2D eigenvalue weighted by molar-refractivity contribution is 0.0990. The Bertz CT molecular complexity index is 646. The molecule has 21 heavy (non-hydrogen) atoms. The highest BCUT2D eigenvalue weighted by atomic mass is 79.9. The van der Waals surface area contributed by atoms with E-state index in [1.807, 2.05) is 37.4 Å². The van der Waals surface area contributed by atoms with Gasteiger partial charge in [0.15, 0.2) is 5.78 Å². The fraction of sp³-hybridized carbons (Fsp3) is 0.250. The number of aromatic nitrogens is 1. The van der Waals surface area contributed by atoms with Crippen LogP contribution in [-0.2, 0) is 6.42 Å². The summed E-state index contributed by atoms with van der Waals surface area (Å²) in [7, 11) is 1.81. The Morgan fingerprint density at radius 1 is 1.38 bits per heavy atom. The fourth-order valence-corrected chi connectivity index (χ4v) is 3.29. The average molecular weight is 365 g/mol. The average Bonchev–Trinajstić information content (AvgIpc) is 2.48. The molecule has 0 saturated heterocycles. The van der Waals surface area contributed by atoms with Gasteiger partial charge in [-0.1, -0.05) is 25.1 Å². The summed E-state index contributed by atoms with van der Waals surface area (Å²) in [5.41, 5.74) is 1.68. The Morgan fingerprint density at radius 2 is 2.14 bits per heavy atom. The molecule has 0 aliphatic rings. The number of nitrogens with zero attached hydrogens (tertiary/aromatic N) is 1. The molecule has 0 aliphatic heterocycles. The van der Waals surface area contributed by atoms with Gasteiger partial charge in [0, 0.05) is 40.2 Å². The van der Waals surface area contributed by atoms with E-state index in [0.717, 1.165) is 32.1 Å². The first kappa shape index (κ1) is 16.0. The Kier molecular flexibility index (Phi) is 5.82. The van der Waals surface area contributed by atoms with Crippen molar-refractivity contribution in [3.05, 3.63) is 52.1 Å². The number of thioether (sulfide) groups is 1. The van der Waals surface area contributed by atoms with Gasteiger partial charge in [-0.15, -0.1) is 11.8 Å². The van der Waals surface area contributed by atoms with Gasteiger partial charge < -0.3 is 5.32 Å². The highest BCUT2D eigenvalue weighted by molar-refractivity contribution is 9.10. The summed E-state index contributed by atoms with van der Waals surface area (Å²) in [5.74, 6) is 1.81. The second-order valence-electron chi connectivity index (χ2n) is 4.44. The predicted octanol–water partition coefficient (Wildman–Crippen LogP) is 4.42. The number of ketones is 1. The standard InChI is InChI=1S/C16H17BrN2OS/c1-3-21-15-7-5-4-6-13(15)14(20)9-11-8-12(17)10-19-16(11)18-2/h4-8,10H,3,9H2,1-2H3,(H,18,19). The first-order valence-corrected chi connectivity index (χ1v) is 8.50. The lowest BCUT2D eigenvalue weighted by Crippen LogP contribution is -2.08. The van der Waals surface area contributed by atoms with Crippen LogP contribution in [0.25, 0.3) is 0 Å². The van der Waals surface area contributed by atoms with Crippen LogP contribution >= 0.6 is 27.7 Å². The summed E-state index contributed by atoms with van der Waals surface area (Å²) in [6, 6.07) is 9.70. The van der Waals surface area contributed by atoms with E-state index in [0.29, 0.717) is 6.42 Å². The molecule has 110 valence electrons. The van der Waals surface area contributed by atoms with Crippen molar-refractivity contribution in [2.24, 2.45) is 0 Å². The first-order valence-electron chi connectivity index (χ1n) is 6.73. The third-order valence-corrected chi connectivity index (χ3v) is 4.40. The molecule has 1 aromatic carbocycles. The highest BCUT2D eigenvalue weighted by Crippen LogP contribution is 2.25. The molecule has 0 saturated carbocycles. The fourth-order valence-electron chi connectivity index (χ4n) is 2.09. The van der Waals surface area contributed by atoms with Crippen molar-refractivity contribution in [2.75, 3.05) is 18.1 Å². The first-order chi connectivity index (χ1) is 10.2. The zero-order valence-corrected chi connectivity index (χ0v) is 14.4. The molecule has 1 N–H and O–H groups in total. The topological polar surface area (TPSA) is 42.0 Å². The summed E-state index contributed by atoms with van der Waals surface area (Å²) in [4.78, 5) is 17.9. The number of nitrogens with one attached hydrogen (secondary N) is 1. The molecule has 0 unspecified atom stereocenters. The molecule has 0 amide bonds. The minimum Gasteiger partial charge on any atom is -0.373 e. The second-order valence-corrected chi connectivity index (χ2v) is 6.66. The van der Waals surface area contributed by atoms with Crippen molar-refractivity contribution >= 4 is 39.3 Å². The van der Waals surface area contributed by atoms with Gasteiger partial charge in [0.2, 0.25) is 0 Å². The van der Waals surface area contributed by atoms with Crippen LogP contribution in [0, 0.1) is 0 Å². The molecule has 2 rings (SSSR count). The molecule has 0 fully saturated rings. The molecule has 0 atom stereocenters. The summed E-state index contributed by atoms with van der Waals surface area (Å²) in [6.07, 6.45) is 2.06. The molecule has 2 aromatic rings. The monoisotopic (exact) mass is 364 g/mol. The van der Waals surface area contributed by atoms with E-state index in [9.17, 15) is 4.79 Å². The largest absolute Gasteiger partial charge is 0.373 e. The third kappa shape index (κ3) is 4.08. The summed E-state index contributed by atoms with van der Waals surface area (Å²) in [5, 5.41) is 3.03. The number of halogens is 1. The number of Topliss-reactive ketones (excluding diaryl/α,β-unsaturated/α-hetero) is 1. The number of hydrogen-bond acceptors (Lipinski definition) is 4. The van der Waals surface area contributed by atoms with E-state index < -0.39 is 0 Å². The van der Waals surface area contributed by atoms with Gasteiger partial charge in [0.1, 0.15) is 5.82 Å². The number of hydrogen-bond donors (Lipinski definition) is 1. The molecule has 0 bridgehead atoms. The third-order valence-electron chi connectivity index (χ3n) is 3.01. The predicted molar refractivity (Wildman–Crippen MR) is 92.4 cm³/mol. The molecule has 1 aromatic heterocycles. The molecule has 3 nitrogen and oxygen atoms in total. The van der Waals surface area contributed by atoms with Crippen LogP contribution in [0.2, 0.25) is 0 Å². The zero-order chi connectivity index (χ0) is 15.2. The molecule has 0 radical (unpaired) electrons. The molecule has 5 heteroatoms. The number of benzene rings is 1. The quantitative estimate of drug-likeness (QED) is 0.608. The van der Waals surface area contributed by atoms with Crippen molar-refractivity contribution in [3.63, 3.8) is 0 Å². The second kappa shape index (κ2) is 7.61. The maximum Gasteiger partial charge on any atom is 0.168 e. The van der Waals surface area contributed by atoms with Gasteiger partial charge in [0.05, 0.1) is 0 Å². The number of rotatable bonds is 6. The maximum absolute atomic E-state index is 12.6. The summed E-state index contributed by atoms with van der Waals surface area (Å²) >= 11 is 5.10. The highest BCUT2D eigenvalue weighted by Gasteiger charge is 2.14. The van der Waals surface area contributed by atoms with E-state index in [-0.39, 0.29) is 5.78 Å². The summed E-state index contributed by atoms with van der Waals surface area (Å²) in [6.45, 7) is 2.09. The van der Waals surface area contributed by atoms with Crippen molar-refractivity contribution in [1.29, 1.82) is 0 Å². The van der Waals surface area contributed by atoms with E-state index >= 15 is 0 Å². The van der Waals surface area contributed by atoms with Crippen molar-refractivity contribution in [3.8, 4) is 0 Å². The maximum atomic E-state index is 12.6. The smallest absolute Gasteiger partial charge is 0.168 e. The molecular weight excluding hydrogens is 348 g/mol. The molecular formula is C16H17BrN2OS. The summed E-state index contributed by atoms with van der Waals surface area (Å²) < 4.78 is 0.875. The molecule has 1 heterocycles. The number of anilines is 1. The van der Waals surface area contributed by atoms with E-state index in [2.05, 4.69) is 33.2 Å². The number of carbonyl (C=O) groups is 1. The van der Waals surface area contributed by atoms with E-state index in [4.69, 9.17) is 0 Å². The van der Waals surface area contributed by atoms with Crippen molar-refractivity contribution in [2.45, 2.75) is 18.2 Å².